The summed E-state index contributed by atoms with van der Waals surface area (Å²) in [6.45, 7) is 2.17. The molecule has 1 aromatic carbocycles. The van der Waals surface area contributed by atoms with Gasteiger partial charge >= 0.3 is 6.18 Å². The molecule has 0 radical (unpaired) electrons. The number of imide groups is 1. The van der Waals surface area contributed by atoms with Crippen molar-refractivity contribution in [3.8, 4) is 11.3 Å². The molecule has 0 aliphatic carbocycles. The van der Waals surface area contributed by atoms with Gasteiger partial charge in [0.1, 0.15) is 6.04 Å². The van der Waals surface area contributed by atoms with Crippen LogP contribution in [0.2, 0.25) is 0 Å². The van der Waals surface area contributed by atoms with Crippen molar-refractivity contribution in [3.05, 3.63) is 46.6 Å². The molecular weight excluding hydrogens is 489 g/mol. The smallest absolute Gasteiger partial charge is 0.322 e. The highest BCUT2D eigenvalue weighted by Crippen LogP contribution is 2.37. The summed E-state index contributed by atoms with van der Waals surface area (Å²) in [5.41, 5.74) is 1.82. The van der Waals surface area contributed by atoms with Crippen LogP contribution in [-0.2, 0) is 28.9 Å². The molecule has 5 heterocycles. The first-order chi connectivity index (χ1) is 17.7. The molecule has 0 spiro atoms. The number of benzene rings is 1. The van der Waals surface area contributed by atoms with E-state index < -0.39 is 23.8 Å². The monoisotopic (exact) mass is 512 g/mol. The number of hydrogen-bond donors (Lipinski definition) is 2. The minimum atomic E-state index is -4.62. The number of piperidine rings is 1. The number of H-pyrrole nitrogens is 1. The molecule has 2 fully saturated rings. The molecule has 9 nitrogen and oxygen atoms in total. The molecule has 1 unspecified atom stereocenters. The maximum absolute atomic E-state index is 13.7. The van der Waals surface area contributed by atoms with Crippen LogP contribution in [0, 0.1) is 0 Å². The van der Waals surface area contributed by atoms with Gasteiger partial charge in [0.15, 0.2) is 11.3 Å². The highest BCUT2D eigenvalue weighted by molar-refractivity contribution is 6.05. The molecule has 0 saturated carbocycles. The lowest BCUT2D eigenvalue weighted by molar-refractivity contribution is -0.140. The number of amides is 3. The minimum Gasteiger partial charge on any atom is -0.322 e. The second-order valence-corrected chi connectivity index (χ2v) is 9.72. The van der Waals surface area contributed by atoms with E-state index in [1.165, 1.54) is 4.90 Å². The highest BCUT2D eigenvalue weighted by atomic mass is 19.4. The molecule has 3 aliphatic heterocycles. The summed E-state index contributed by atoms with van der Waals surface area (Å²) >= 11 is 0. The van der Waals surface area contributed by atoms with E-state index in [1.807, 2.05) is 0 Å². The third-order valence-corrected chi connectivity index (χ3v) is 7.29. The predicted octanol–water partition coefficient (Wildman–Crippen LogP) is 3.00. The summed E-state index contributed by atoms with van der Waals surface area (Å²) in [4.78, 5) is 44.9. The third kappa shape index (κ3) is 4.14. The van der Waals surface area contributed by atoms with Gasteiger partial charge in [-0.3, -0.25) is 29.7 Å². The Morgan fingerprint density at radius 2 is 1.86 bits per heavy atom. The fourth-order valence-electron chi connectivity index (χ4n) is 5.50. The van der Waals surface area contributed by atoms with Crippen molar-refractivity contribution in [3.63, 3.8) is 0 Å². The number of alkyl halides is 3. The average Bonchev–Trinajstić information content (AvgIpc) is 3.58. The Kier molecular flexibility index (Phi) is 5.51. The number of rotatable bonds is 4. The molecule has 3 aliphatic rings. The van der Waals surface area contributed by atoms with Gasteiger partial charge in [0.05, 0.1) is 11.1 Å². The van der Waals surface area contributed by atoms with Gasteiger partial charge in [-0.15, -0.1) is 0 Å². The number of aromatic nitrogens is 3. The number of halogens is 3. The fraction of sp³-hybridized carbons (Fsp3) is 0.400. The lowest BCUT2D eigenvalue weighted by Crippen LogP contribution is -2.52. The van der Waals surface area contributed by atoms with Crippen LogP contribution in [0.25, 0.3) is 22.3 Å². The molecule has 192 valence electrons. The van der Waals surface area contributed by atoms with Crippen LogP contribution in [0.15, 0.2) is 24.3 Å². The number of aromatic amines is 1. The Bertz CT molecular complexity index is 1440. The van der Waals surface area contributed by atoms with Crippen molar-refractivity contribution in [2.75, 3.05) is 13.1 Å². The zero-order valence-corrected chi connectivity index (χ0v) is 19.7. The lowest BCUT2D eigenvalue weighted by atomic mass is 10.0. The SMILES string of the molecule is O=C1CCC(N2Cc3cc(-c4cc(CN5CCCC5)c5c(C(F)(F)F)n[nH]c5n4)ccc3C2=O)C(=O)N1. The van der Waals surface area contributed by atoms with Crippen molar-refractivity contribution in [2.45, 2.75) is 51.0 Å². The molecule has 6 rings (SSSR count). The van der Waals surface area contributed by atoms with Crippen molar-refractivity contribution < 1.29 is 27.6 Å². The largest absolute Gasteiger partial charge is 0.435 e. The number of likely N-dealkylation sites (tertiary alicyclic amines) is 1. The first-order valence-corrected chi connectivity index (χ1v) is 12.1. The van der Waals surface area contributed by atoms with Crippen molar-refractivity contribution in [1.29, 1.82) is 0 Å². The van der Waals surface area contributed by atoms with E-state index in [-0.39, 0.29) is 42.2 Å². The molecule has 3 aromatic rings. The van der Waals surface area contributed by atoms with Crippen molar-refractivity contribution >= 4 is 28.8 Å². The second-order valence-electron chi connectivity index (χ2n) is 9.72. The Hall–Kier alpha value is -3.80. The van der Waals surface area contributed by atoms with E-state index in [0.29, 0.717) is 34.5 Å². The Labute approximate surface area is 209 Å². The Morgan fingerprint density at radius 3 is 2.59 bits per heavy atom. The molecule has 3 amide bonds. The van der Waals surface area contributed by atoms with Crippen LogP contribution in [-0.4, -0.2) is 61.8 Å². The van der Waals surface area contributed by atoms with E-state index >= 15 is 0 Å². The number of carbonyl (C=O) groups is 3. The summed E-state index contributed by atoms with van der Waals surface area (Å²) in [6, 6.07) is 6.09. The van der Waals surface area contributed by atoms with Gasteiger partial charge in [0, 0.05) is 30.6 Å². The van der Waals surface area contributed by atoms with Crippen LogP contribution in [0.3, 0.4) is 0 Å². The van der Waals surface area contributed by atoms with Crippen LogP contribution < -0.4 is 5.32 Å². The van der Waals surface area contributed by atoms with Gasteiger partial charge in [-0.1, -0.05) is 6.07 Å². The zero-order chi connectivity index (χ0) is 25.9. The number of nitrogens with one attached hydrogen (secondary N) is 2. The fourth-order valence-corrected chi connectivity index (χ4v) is 5.50. The standard InChI is InChI=1S/C25H23F3N6O3/c26-25(27,28)21-20-15(11-33-7-1-2-8-33)10-17(29-22(20)32-31-21)13-3-4-16-14(9-13)12-34(24(16)37)18-5-6-19(35)30-23(18)36/h3-4,9-10,18H,1-2,5-8,11-12H2,(H,29,31,32)(H,30,35,36). The first-order valence-electron chi connectivity index (χ1n) is 12.1. The topological polar surface area (TPSA) is 111 Å². The maximum atomic E-state index is 13.7. The Balaban J connectivity index is 1.36. The van der Waals surface area contributed by atoms with Gasteiger partial charge in [-0.25, -0.2) is 4.98 Å². The molecule has 37 heavy (non-hydrogen) atoms. The molecule has 0 bridgehead atoms. The van der Waals surface area contributed by atoms with Crippen LogP contribution in [0.5, 0.6) is 0 Å². The first kappa shape index (κ1) is 23.6. The van der Waals surface area contributed by atoms with Gasteiger partial charge in [0.25, 0.3) is 5.91 Å². The van der Waals surface area contributed by atoms with E-state index in [2.05, 4.69) is 25.4 Å². The van der Waals surface area contributed by atoms with Gasteiger partial charge in [-0.2, -0.15) is 18.3 Å². The molecular formula is C25H23F3N6O3. The maximum Gasteiger partial charge on any atom is 0.435 e. The lowest BCUT2D eigenvalue weighted by Gasteiger charge is -2.29. The highest BCUT2D eigenvalue weighted by Gasteiger charge is 2.40. The summed E-state index contributed by atoms with van der Waals surface area (Å²) in [6.07, 6.45) is -2.19. The van der Waals surface area contributed by atoms with Crippen molar-refractivity contribution in [2.24, 2.45) is 0 Å². The van der Waals surface area contributed by atoms with E-state index in [4.69, 9.17) is 0 Å². The van der Waals surface area contributed by atoms with Crippen LogP contribution in [0.1, 0.15) is 52.9 Å². The number of fused-ring (bicyclic) bond motifs is 2. The van der Waals surface area contributed by atoms with Crippen LogP contribution in [0.4, 0.5) is 13.2 Å². The summed E-state index contributed by atoms with van der Waals surface area (Å²) in [5, 5.41) is 8.24. The van der Waals surface area contributed by atoms with Gasteiger partial charge in [-0.05, 0) is 61.7 Å². The molecule has 2 N–H and O–H groups in total. The number of carbonyl (C=O) groups excluding carboxylic acids is 3. The summed E-state index contributed by atoms with van der Waals surface area (Å²) in [5.74, 6) is -1.14. The molecule has 2 aromatic heterocycles. The normalized spacial score (nSPS) is 20.7. The van der Waals surface area contributed by atoms with E-state index in [1.54, 1.807) is 24.3 Å². The number of hydrogen-bond acceptors (Lipinski definition) is 6. The predicted molar refractivity (Wildman–Crippen MR) is 125 cm³/mol. The average molecular weight is 512 g/mol. The zero-order valence-electron chi connectivity index (χ0n) is 19.7. The van der Waals surface area contributed by atoms with E-state index in [0.717, 1.165) is 25.9 Å². The van der Waals surface area contributed by atoms with Crippen molar-refractivity contribution in [1.82, 2.24) is 30.3 Å². The molecule has 1 atom stereocenters. The van der Waals surface area contributed by atoms with E-state index in [9.17, 15) is 27.6 Å². The third-order valence-electron chi connectivity index (χ3n) is 7.29. The number of pyridine rings is 1. The Morgan fingerprint density at radius 1 is 1.08 bits per heavy atom. The molecule has 12 heteroatoms. The number of nitrogens with zero attached hydrogens (tertiary/aromatic N) is 4. The van der Waals surface area contributed by atoms with Gasteiger partial charge < -0.3 is 4.90 Å². The minimum absolute atomic E-state index is 0.0245. The van der Waals surface area contributed by atoms with Gasteiger partial charge in [0.2, 0.25) is 11.8 Å². The summed E-state index contributed by atoms with van der Waals surface area (Å²) in [7, 11) is 0. The molecule has 2 saturated heterocycles. The quantitative estimate of drug-likeness (QED) is 0.520. The second kappa shape index (κ2) is 8.65. The van der Waals surface area contributed by atoms with Crippen LogP contribution >= 0.6 is 0 Å². The summed E-state index contributed by atoms with van der Waals surface area (Å²) < 4.78 is 41.1.